The highest BCUT2D eigenvalue weighted by Gasteiger charge is 2.17. The highest BCUT2D eigenvalue weighted by molar-refractivity contribution is 6.28. The second-order valence-electron chi connectivity index (χ2n) is 13.6. The maximum atomic E-state index is 2.39. The Morgan fingerprint density at radius 3 is 1.69 bits per heavy atom. The smallest absolute Gasteiger partial charge is 0.0468 e. The summed E-state index contributed by atoms with van der Waals surface area (Å²) in [5, 5.41) is 10.3. The van der Waals surface area contributed by atoms with Gasteiger partial charge in [0.15, 0.2) is 0 Å². The van der Waals surface area contributed by atoms with Gasteiger partial charge in [-0.05, 0) is 126 Å². The van der Waals surface area contributed by atoms with Crippen molar-refractivity contribution in [2.24, 2.45) is 0 Å². The van der Waals surface area contributed by atoms with E-state index in [1.165, 1.54) is 82.2 Å². The van der Waals surface area contributed by atoms with Crippen molar-refractivity contribution in [3.8, 4) is 22.3 Å². The monoisotopic (exact) mass is 649 g/mol. The van der Waals surface area contributed by atoms with E-state index >= 15 is 0 Å². The van der Waals surface area contributed by atoms with Crippen LogP contribution < -0.4 is 4.90 Å². The summed E-state index contributed by atoms with van der Waals surface area (Å²) in [7, 11) is 0. The fourth-order valence-corrected chi connectivity index (χ4v) is 8.16. The van der Waals surface area contributed by atoms with Crippen molar-refractivity contribution in [3.63, 3.8) is 0 Å². The average molecular weight is 650 g/mol. The molecular weight excluding hydrogens is 615 g/mol. The van der Waals surface area contributed by atoms with Crippen LogP contribution in [0.2, 0.25) is 0 Å². The summed E-state index contributed by atoms with van der Waals surface area (Å²) in [5.74, 6) is 0. The minimum absolute atomic E-state index is 1.10. The molecule has 0 radical (unpaired) electrons. The lowest BCUT2D eigenvalue weighted by molar-refractivity contribution is 0.985. The summed E-state index contributed by atoms with van der Waals surface area (Å²) in [4.78, 5) is 2.39. The van der Waals surface area contributed by atoms with E-state index in [0.717, 1.165) is 24.2 Å². The molecule has 0 N–H and O–H groups in total. The van der Waals surface area contributed by atoms with E-state index in [1.54, 1.807) is 0 Å². The quantitative estimate of drug-likeness (QED) is 0.168. The lowest BCUT2D eigenvalue weighted by Gasteiger charge is -2.27. The molecule has 9 aromatic rings. The standard InChI is InChI=1S/C50H35N/c1-3-12-39-32-42(30-26-34(39)10-1)51(43-31-27-35-11-2-4-13-40(35)33-43)41-28-24-37(25-29-41)36-20-22-38(23-21-36)44-18-9-19-49-47-15-6-5-14-45(47)46-16-7-8-17-48(46)50(44)49/h1,3-10,12-33H,2,11H2. The second kappa shape index (κ2) is 12.2. The van der Waals surface area contributed by atoms with E-state index < -0.39 is 0 Å². The number of hydrogen-bond donors (Lipinski definition) is 0. The lowest BCUT2D eigenvalue weighted by atomic mass is 9.89. The van der Waals surface area contributed by atoms with Gasteiger partial charge in [0, 0.05) is 17.1 Å². The average Bonchev–Trinajstić information content (AvgIpc) is 3.21. The van der Waals surface area contributed by atoms with Crippen molar-refractivity contribution >= 4 is 66.2 Å². The number of nitrogens with zero attached hydrogens (tertiary/aromatic N) is 1. The Hall–Kier alpha value is -6.44. The van der Waals surface area contributed by atoms with Gasteiger partial charge in [0.25, 0.3) is 0 Å². The molecule has 0 unspecified atom stereocenters. The van der Waals surface area contributed by atoms with E-state index in [1.807, 2.05) is 0 Å². The summed E-state index contributed by atoms with van der Waals surface area (Å²) in [6.45, 7) is 0. The number of hydrogen-bond acceptors (Lipinski definition) is 1. The lowest BCUT2D eigenvalue weighted by Crippen LogP contribution is -2.10. The fraction of sp³-hybridized carbons (Fsp3) is 0.0400. The molecule has 0 saturated heterocycles. The molecule has 1 heteroatoms. The van der Waals surface area contributed by atoms with Gasteiger partial charge in [0.1, 0.15) is 0 Å². The predicted molar refractivity (Wildman–Crippen MR) is 219 cm³/mol. The zero-order chi connectivity index (χ0) is 33.7. The van der Waals surface area contributed by atoms with Crippen molar-refractivity contribution < 1.29 is 0 Å². The number of benzene rings is 9. The Morgan fingerprint density at radius 2 is 0.941 bits per heavy atom. The molecule has 0 fully saturated rings. The molecule has 51 heavy (non-hydrogen) atoms. The second-order valence-corrected chi connectivity index (χ2v) is 13.6. The highest BCUT2D eigenvalue weighted by Crippen LogP contribution is 2.42. The zero-order valence-electron chi connectivity index (χ0n) is 28.3. The van der Waals surface area contributed by atoms with Crippen molar-refractivity contribution in [2.75, 3.05) is 4.90 Å². The molecule has 9 aromatic carbocycles. The molecule has 0 aliphatic heterocycles. The fourth-order valence-electron chi connectivity index (χ4n) is 8.16. The first-order chi connectivity index (χ1) is 25.3. The van der Waals surface area contributed by atoms with Crippen LogP contribution in [0.4, 0.5) is 17.1 Å². The van der Waals surface area contributed by atoms with E-state index in [9.17, 15) is 0 Å². The maximum absolute atomic E-state index is 2.39. The van der Waals surface area contributed by atoms with Gasteiger partial charge in [0.05, 0.1) is 0 Å². The Bertz CT molecular complexity index is 2740. The van der Waals surface area contributed by atoms with Gasteiger partial charge < -0.3 is 4.90 Å². The van der Waals surface area contributed by atoms with Gasteiger partial charge in [-0.15, -0.1) is 0 Å². The SMILES string of the molecule is C1=Cc2cc(N(c3ccc(-c4ccc(-c5cccc6c7ccccc7c7ccccc7c56)cc4)cc3)c3ccc4ccccc4c3)ccc2CC1. The van der Waals surface area contributed by atoms with Crippen LogP contribution in [0.1, 0.15) is 17.5 Å². The molecular formula is C50H35N. The van der Waals surface area contributed by atoms with Crippen molar-refractivity contribution in [1.82, 2.24) is 0 Å². The summed E-state index contributed by atoms with van der Waals surface area (Å²) in [5.41, 5.74) is 11.1. The molecule has 1 nitrogen and oxygen atoms in total. The Balaban J connectivity index is 1.03. The zero-order valence-corrected chi connectivity index (χ0v) is 28.3. The summed E-state index contributed by atoms with van der Waals surface area (Å²) in [6, 6.07) is 64.8. The molecule has 1 aliphatic carbocycles. The highest BCUT2D eigenvalue weighted by atomic mass is 15.1. The topological polar surface area (TPSA) is 3.24 Å². The van der Waals surface area contributed by atoms with Gasteiger partial charge in [0.2, 0.25) is 0 Å². The molecule has 0 amide bonds. The van der Waals surface area contributed by atoms with E-state index in [2.05, 4.69) is 193 Å². The van der Waals surface area contributed by atoms with Gasteiger partial charge in [-0.2, -0.15) is 0 Å². The van der Waals surface area contributed by atoms with Crippen molar-refractivity contribution in [3.05, 3.63) is 193 Å². The Kier molecular flexibility index (Phi) is 7.03. The van der Waals surface area contributed by atoms with Gasteiger partial charge in [-0.1, -0.05) is 152 Å². The van der Waals surface area contributed by atoms with Crippen LogP contribution in [0, 0.1) is 0 Å². The maximum Gasteiger partial charge on any atom is 0.0468 e. The number of rotatable bonds is 5. The van der Waals surface area contributed by atoms with Crippen LogP contribution >= 0.6 is 0 Å². The van der Waals surface area contributed by atoms with E-state index in [0.29, 0.717) is 0 Å². The summed E-state index contributed by atoms with van der Waals surface area (Å²) in [6.07, 6.45) is 6.77. The van der Waals surface area contributed by atoms with Gasteiger partial charge in [-0.3, -0.25) is 0 Å². The molecule has 0 heterocycles. The van der Waals surface area contributed by atoms with Crippen LogP contribution in [0.5, 0.6) is 0 Å². The van der Waals surface area contributed by atoms with Gasteiger partial charge in [-0.25, -0.2) is 0 Å². The minimum Gasteiger partial charge on any atom is -0.310 e. The molecule has 10 rings (SSSR count). The first kappa shape index (κ1) is 29.5. The van der Waals surface area contributed by atoms with E-state index in [4.69, 9.17) is 0 Å². The van der Waals surface area contributed by atoms with Crippen LogP contribution in [0.3, 0.4) is 0 Å². The molecule has 0 atom stereocenters. The predicted octanol–water partition coefficient (Wildman–Crippen LogP) is 14.1. The number of allylic oxidation sites excluding steroid dienone is 1. The van der Waals surface area contributed by atoms with Crippen LogP contribution in [-0.4, -0.2) is 0 Å². The third-order valence-corrected chi connectivity index (χ3v) is 10.7. The molecule has 240 valence electrons. The Morgan fingerprint density at radius 1 is 0.392 bits per heavy atom. The molecule has 0 spiro atoms. The molecule has 0 aromatic heterocycles. The first-order valence-electron chi connectivity index (χ1n) is 17.9. The largest absolute Gasteiger partial charge is 0.310 e. The molecule has 1 aliphatic rings. The van der Waals surface area contributed by atoms with Crippen LogP contribution in [0.15, 0.2) is 182 Å². The molecule has 0 bridgehead atoms. The van der Waals surface area contributed by atoms with Crippen LogP contribution in [0.25, 0.3) is 71.4 Å². The number of aryl methyl sites for hydroxylation is 1. The van der Waals surface area contributed by atoms with Crippen molar-refractivity contribution in [1.29, 1.82) is 0 Å². The number of fused-ring (bicyclic) bond motifs is 8. The summed E-state index contributed by atoms with van der Waals surface area (Å²) < 4.78 is 0. The molecule has 0 saturated carbocycles. The first-order valence-corrected chi connectivity index (χ1v) is 17.9. The Labute approximate surface area is 298 Å². The van der Waals surface area contributed by atoms with Crippen molar-refractivity contribution in [2.45, 2.75) is 12.8 Å². The normalized spacial score (nSPS) is 12.5. The summed E-state index contributed by atoms with van der Waals surface area (Å²) >= 11 is 0. The van der Waals surface area contributed by atoms with E-state index in [-0.39, 0.29) is 0 Å². The number of anilines is 3. The minimum atomic E-state index is 1.10. The van der Waals surface area contributed by atoms with Gasteiger partial charge >= 0.3 is 0 Å². The van der Waals surface area contributed by atoms with Crippen LogP contribution in [-0.2, 0) is 6.42 Å². The third kappa shape index (κ3) is 5.09. The third-order valence-electron chi connectivity index (χ3n) is 10.7.